The average molecular weight is 373 g/mol. The highest BCUT2D eigenvalue weighted by molar-refractivity contribution is 5.70. The minimum Gasteiger partial charge on any atom is -0.366 e. The van der Waals surface area contributed by atoms with Gasteiger partial charge in [0.2, 0.25) is 0 Å². The Morgan fingerprint density at radius 1 is 0.964 bits per heavy atom. The minimum atomic E-state index is -0.256. The van der Waals surface area contributed by atoms with Crippen molar-refractivity contribution in [3.63, 3.8) is 0 Å². The summed E-state index contributed by atoms with van der Waals surface area (Å²) in [4.78, 5) is 4.82. The fourth-order valence-electron chi connectivity index (χ4n) is 3.58. The first-order valence-electron chi connectivity index (χ1n) is 9.46. The van der Waals surface area contributed by atoms with E-state index in [1.54, 1.807) is 12.1 Å². The van der Waals surface area contributed by atoms with Crippen LogP contribution in [0.5, 0.6) is 0 Å². The van der Waals surface area contributed by atoms with E-state index in [1.165, 1.54) is 12.1 Å². The van der Waals surface area contributed by atoms with Crippen LogP contribution in [0.25, 0.3) is 28.2 Å². The summed E-state index contributed by atoms with van der Waals surface area (Å²) in [6, 6.07) is 20.8. The van der Waals surface area contributed by atoms with E-state index in [0.717, 1.165) is 53.5 Å². The summed E-state index contributed by atoms with van der Waals surface area (Å²) >= 11 is 0. The zero-order valence-electron chi connectivity index (χ0n) is 15.3. The monoisotopic (exact) mass is 373 g/mol. The number of rotatable bonds is 4. The van der Waals surface area contributed by atoms with Crippen LogP contribution in [0.4, 0.5) is 10.2 Å². The smallest absolute Gasteiger partial charge is 0.158 e. The van der Waals surface area contributed by atoms with E-state index in [0.29, 0.717) is 6.04 Å². The van der Waals surface area contributed by atoms with Crippen molar-refractivity contribution >= 4 is 11.5 Å². The fraction of sp³-hybridized carbons (Fsp3) is 0.182. The second kappa shape index (κ2) is 7.05. The van der Waals surface area contributed by atoms with Gasteiger partial charge in [-0.25, -0.2) is 9.37 Å². The summed E-state index contributed by atoms with van der Waals surface area (Å²) in [7, 11) is 0. The Kier molecular flexibility index (Phi) is 4.25. The van der Waals surface area contributed by atoms with Crippen LogP contribution in [-0.2, 0) is 0 Å². The Labute approximate surface area is 162 Å². The molecule has 0 spiro atoms. The summed E-state index contributed by atoms with van der Waals surface area (Å²) < 4.78 is 15.1. The second-order valence-corrected chi connectivity index (χ2v) is 7.03. The SMILES string of the molecule is Fc1ccc(-c2cc3nc(-c4ccccc4)cc(NC4CCNC4)n3n2)cc1. The first-order chi connectivity index (χ1) is 13.8. The summed E-state index contributed by atoms with van der Waals surface area (Å²) in [5.74, 6) is 0.652. The molecule has 0 radical (unpaired) electrons. The molecule has 3 heterocycles. The molecule has 1 aliphatic rings. The van der Waals surface area contributed by atoms with Crippen molar-refractivity contribution in [3.8, 4) is 22.5 Å². The highest BCUT2D eigenvalue weighted by Crippen LogP contribution is 2.26. The van der Waals surface area contributed by atoms with Crippen molar-refractivity contribution in [3.05, 3.63) is 72.5 Å². The number of aromatic nitrogens is 3. The van der Waals surface area contributed by atoms with Crippen LogP contribution in [0.15, 0.2) is 66.7 Å². The number of hydrogen-bond donors (Lipinski definition) is 2. The molecule has 0 saturated carbocycles. The van der Waals surface area contributed by atoms with E-state index in [2.05, 4.69) is 22.8 Å². The molecule has 1 aliphatic heterocycles. The lowest BCUT2D eigenvalue weighted by Crippen LogP contribution is -2.23. The van der Waals surface area contributed by atoms with Crippen molar-refractivity contribution < 1.29 is 4.39 Å². The van der Waals surface area contributed by atoms with Crippen LogP contribution in [0.3, 0.4) is 0 Å². The van der Waals surface area contributed by atoms with Crippen molar-refractivity contribution in [2.24, 2.45) is 0 Å². The quantitative estimate of drug-likeness (QED) is 0.568. The Bertz CT molecular complexity index is 1100. The first-order valence-corrected chi connectivity index (χ1v) is 9.46. The van der Waals surface area contributed by atoms with Crippen LogP contribution >= 0.6 is 0 Å². The molecule has 0 amide bonds. The lowest BCUT2D eigenvalue weighted by molar-refractivity contribution is 0.628. The van der Waals surface area contributed by atoms with E-state index in [1.807, 2.05) is 34.8 Å². The maximum absolute atomic E-state index is 13.3. The fourth-order valence-corrected chi connectivity index (χ4v) is 3.58. The zero-order valence-corrected chi connectivity index (χ0v) is 15.3. The number of halogens is 1. The van der Waals surface area contributed by atoms with E-state index < -0.39 is 0 Å². The van der Waals surface area contributed by atoms with Crippen molar-refractivity contribution in [2.45, 2.75) is 12.5 Å². The molecular formula is C22H20FN5. The van der Waals surface area contributed by atoms with Gasteiger partial charge in [-0.3, -0.25) is 0 Å². The molecule has 1 atom stereocenters. The number of fused-ring (bicyclic) bond motifs is 1. The molecule has 2 N–H and O–H groups in total. The van der Waals surface area contributed by atoms with Gasteiger partial charge in [0.05, 0.1) is 11.4 Å². The average Bonchev–Trinajstić information content (AvgIpc) is 3.39. The third-order valence-electron chi connectivity index (χ3n) is 5.05. The molecule has 6 heteroatoms. The molecule has 2 aromatic carbocycles. The molecule has 2 aromatic heterocycles. The van der Waals surface area contributed by atoms with Gasteiger partial charge in [0.15, 0.2) is 5.65 Å². The normalized spacial score (nSPS) is 16.5. The van der Waals surface area contributed by atoms with Gasteiger partial charge < -0.3 is 10.6 Å². The van der Waals surface area contributed by atoms with Gasteiger partial charge in [0, 0.05) is 35.8 Å². The Hall–Kier alpha value is -3.25. The third kappa shape index (κ3) is 3.23. The molecule has 0 aliphatic carbocycles. The molecule has 140 valence electrons. The highest BCUT2D eigenvalue weighted by atomic mass is 19.1. The Morgan fingerprint density at radius 2 is 1.75 bits per heavy atom. The van der Waals surface area contributed by atoms with E-state index in [9.17, 15) is 4.39 Å². The van der Waals surface area contributed by atoms with Crippen molar-refractivity contribution in [2.75, 3.05) is 18.4 Å². The first kappa shape index (κ1) is 16.9. The Balaban J connectivity index is 1.63. The van der Waals surface area contributed by atoms with E-state index >= 15 is 0 Å². The van der Waals surface area contributed by atoms with Crippen LogP contribution in [0.2, 0.25) is 0 Å². The molecule has 4 aromatic rings. The van der Waals surface area contributed by atoms with Crippen LogP contribution in [-0.4, -0.2) is 33.7 Å². The van der Waals surface area contributed by atoms with Gasteiger partial charge in [-0.05, 0) is 37.2 Å². The zero-order chi connectivity index (χ0) is 18.9. The number of benzene rings is 2. The van der Waals surface area contributed by atoms with E-state index in [4.69, 9.17) is 10.1 Å². The largest absolute Gasteiger partial charge is 0.366 e. The number of hydrogen-bond acceptors (Lipinski definition) is 4. The number of anilines is 1. The molecular weight excluding hydrogens is 353 g/mol. The summed E-state index contributed by atoms with van der Waals surface area (Å²) in [5, 5.41) is 11.7. The number of nitrogens with zero attached hydrogens (tertiary/aromatic N) is 3. The van der Waals surface area contributed by atoms with Gasteiger partial charge in [0.25, 0.3) is 0 Å². The lowest BCUT2D eigenvalue weighted by Gasteiger charge is -2.15. The van der Waals surface area contributed by atoms with Gasteiger partial charge in [-0.15, -0.1) is 0 Å². The van der Waals surface area contributed by atoms with Crippen molar-refractivity contribution in [1.82, 2.24) is 19.9 Å². The van der Waals surface area contributed by atoms with Crippen LogP contribution in [0, 0.1) is 5.82 Å². The Morgan fingerprint density at radius 3 is 2.50 bits per heavy atom. The maximum atomic E-state index is 13.3. The maximum Gasteiger partial charge on any atom is 0.158 e. The summed E-state index contributed by atoms with van der Waals surface area (Å²) in [6.07, 6.45) is 1.07. The van der Waals surface area contributed by atoms with Gasteiger partial charge >= 0.3 is 0 Å². The molecule has 0 bridgehead atoms. The topological polar surface area (TPSA) is 54.2 Å². The van der Waals surface area contributed by atoms with Crippen molar-refractivity contribution in [1.29, 1.82) is 0 Å². The van der Waals surface area contributed by atoms with Crippen LogP contribution < -0.4 is 10.6 Å². The number of nitrogens with one attached hydrogen (secondary N) is 2. The second-order valence-electron chi connectivity index (χ2n) is 7.03. The standard InChI is InChI=1S/C22H20FN5/c23-17-8-6-16(7-9-17)20-13-22-26-19(15-4-2-1-3-5-15)12-21(28(22)27-20)25-18-10-11-24-14-18/h1-9,12-13,18,24-25H,10-11,14H2. The molecule has 28 heavy (non-hydrogen) atoms. The van der Waals surface area contributed by atoms with Gasteiger partial charge in [-0.1, -0.05) is 30.3 Å². The van der Waals surface area contributed by atoms with E-state index in [-0.39, 0.29) is 5.82 Å². The summed E-state index contributed by atoms with van der Waals surface area (Å²) in [5.41, 5.74) is 4.34. The molecule has 1 fully saturated rings. The molecule has 5 nitrogen and oxygen atoms in total. The highest BCUT2D eigenvalue weighted by Gasteiger charge is 2.18. The minimum absolute atomic E-state index is 0.256. The molecule has 5 rings (SSSR count). The lowest BCUT2D eigenvalue weighted by atomic mass is 10.1. The summed E-state index contributed by atoms with van der Waals surface area (Å²) in [6.45, 7) is 1.94. The predicted octanol–water partition coefficient (Wildman–Crippen LogP) is 3.98. The molecule has 1 saturated heterocycles. The van der Waals surface area contributed by atoms with Gasteiger partial charge in [0.1, 0.15) is 11.6 Å². The van der Waals surface area contributed by atoms with Crippen LogP contribution in [0.1, 0.15) is 6.42 Å². The molecule has 1 unspecified atom stereocenters. The van der Waals surface area contributed by atoms with Gasteiger partial charge in [-0.2, -0.15) is 9.61 Å². The third-order valence-corrected chi connectivity index (χ3v) is 5.05. The predicted molar refractivity (Wildman–Crippen MR) is 109 cm³/mol.